The van der Waals surface area contributed by atoms with Gasteiger partial charge in [0.2, 0.25) is 10.0 Å². The molecule has 0 bridgehead atoms. The predicted molar refractivity (Wildman–Crippen MR) is 112 cm³/mol. The van der Waals surface area contributed by atoms with Gasteiger partial charge in [-0.1, -0.05) is 54.4 Å². The molecular weight excluding hydrogens is 402 g/mol. The van der Waals surface area contributed by atoms with Crippen LogP contribution >= 0.6 is 0 Å². The van der Waals surface area contributed by atoms with E-state index in [1.54, 1.807) is 43.3 Å². The van der Waals surface area contributed by atoms with Gasteiger partial charge in [0.05, 0.1) is 16.4 Å². The third kappa shape index (κ3) is 3.50. The molecule has 4 rings (SSSR count). The molecule has 4 atom stereocenters. The number of aliphatic hydroxyl groups is 1. The van der Waals surface area contributed by atoms with Crippen molar-refractivity contribution in [2.75, 3.05) is 0 Å². The normalized spacial score (nSPS) is 30.1. The van der Waals surface area contributed by atoms with Crippen molar-refractivity contribution in [3.63, 3.8) is 0 Å². The van der Waals surface area contributed by atoms with Gasteiger partial charge in [-0.2, -0.15) is 0 Å². The highest BCUT2D eigenvalue weighted by Crippen LogP contribution is 2.53. The van der Waals surface area contributed by atoms with Crippen LogP contribution in [0.25, 0.3) is 0 Å². The molecule has 2 aromatic carbocycles. The van der Waals surface area contributed by atoms with Crippen LogP contribution in [-0.2, 0) is 19.6 Å². The molecule has 0 spiro atoms. The highest BCUT2D eigenvalue weighted by atomic mass is 32.2. The number of benzene rings is 2. The minimum absolute atomic E-state index is 0.113. The van der Waals surface area contributed by atoms with Crippen molar-refractivity contribution in [3.8, 4) is 0 Å². The maximum atomic E-state index is 13.4. The van der Waals surface area contributed by atoms with Crippen LogP contribution in [0.5, 0.6) is 0 Å². The number of ketones is 1. The zero-order valence-corrected chi connectivity index (χ0v) is 18.0. The third-order valence-corrected chi connectivity index (χ3v) is 7.96. The standard InChI is InChI=1S/C23H27NO5S/c1-16-10-12-18(13-11-16)30(27,28)24-19(17-8-4-3-5-9-17)20-21(25)22(2)14-6-7-15-23(22,26)29-20/h3-5,8-13,19-20,24,26H,6-7,14-15H2,1-2H3/t19?,20-,22-,23-/m0/s1. The van der Waals surface area contributed by atoms with Crippen molar-refractivity contribution in [2.45, 2.75) is 62.4 Å². The molecule has 0 amide bonds. The van der Waals surface area contributed by atoms with Crippen LogP contribution in [0.2, 0.25) is 0 Å². The Hall–Kier alpha value is -2.06. The molecule has 1 unspecified atom stereocenters. The lowest BCUT2D eigenvalue weighted by Crippen LogP contribution is -2.48. The first kappa shape index (κ1) is 21.2. The Morgan fingerprint density at radius 3 is 2.33 bits per heavy atom. The van der Waals surface area contributed by atoms with Gasteiger partial charge in [-0.3, -0.25) is 4.79 Å². The number of hydrogen-bond acceptors (Lipinski definition) is 5. The molecule has 2 N–H and O–H groups in total. The number of Topliss-reactive ketones (excluding diaryl/α,β-unsaturated/α-hetero) is 1. The van der Waals surface area contributed by atoms with Crippen LogP contribution in [0.4, 0.5) is 0 Å². The molecule has 0 aromatic heterocycles. The summed E-state index contributed by atoms with van der Waals surface area (Å²) in [5.41, 5.74) is 0.512. The summed E-state index contributed by atoms with van der Waals surface area (Å²) in [7, 11) is -3.92. The first-order chi connectivity index (χ1) is 14.2. The van der Waals surface area contributed by atoms with Gasteiger partial charge in [0.1, 0.15) is 6.10 Å². The van der Waals surface area contributed by atoms with E-state index in [4.69, 9.17) is 4.74 Å². The Morgan fingerprint density at radius 1 is 1.07 bits per heavy atom. The van der Waals surface area contributed by atoms with Gasteiger partial charge in [0.25, 0.3) is 0 Å². The van der Waals surface area contributed by atoms with Crippen molar-refractivity contribution in [2.24, 2.45) is 5.41 Å². The second kappa shape index (κ2) is 7.57. The van der Waals surface area contributed by atoms with Crippen molar-refractivity contribution in [1.82, 2.24) is 4.72 Å². The van der Waals surface area contributed by atoms with Crippen LogP contribution in [0.3, 0.4) is 0 Å². The van der Waals surface area contributed by atoms with Crippen LogP contribution < -0.4 is 4.72 Å². The van der Waals surface area contributed by atoms with Gasteiger partial charge in [0.15, 0.2) is 11.6 Å². The van der Waals surface area contributed by atoms with Crippen LogP contribution in [0, 0.1) is 12.3 Å². The quantitative estimate of drug-likeness (QED) is 0.761. The number of sulfonamides is 1. The number of carbonyl (C=O) groups excluding carboxylic acids is 1. The molecule has 160 valence electrons. The molecule has 2 aromatic rings. The summed E-state index contributed by atoms with van der Waals surface area (Å²) in [4.78, 5) is 13.5. The molecule has 2 aliphatic rings. The van der Waals surface area contributed by atoms with Gasteiger partial charge in [-0.05, 0) is 44.4 Å². The summed E-state index contributed by atoms with van der Waals surface area (Å²) >= 11 is 0. The van der Waals surface area contributed by atoms with Gasteiger partial charge in [-0.15, -0.1) is 0 Å². The Morgan fingerprint density at radius 2 is 1.70 bits per heavy atom. The first-order valence-electron chi connectivity index (χ1n) is 10.2. The molecule has 1 aliphatic carbocycles. The summed E-state index contributed by atoms with van der Waals surface area (Å²) in [6, 6.07) is 14.5. The Kier molecular flexibility index (Phi) is 5.34. The van der Waals surface area contributed by atoms with E-state index in [1.807, 2.05) is 13.0 Å². The van der Waals surface area contributed by atoms with E-state index in [-0.39, 0.29) is 10.7 Å². The Bertz CT molecular complexity index is 1040. The monoisotopic (exact) mass is 429 g/mol. The molecular formula is C23H27NO5S. The van der Waals surface area contributed by atoms with Gasteiger partial charge >= 0.3 is 0 Å². The number of hydrogen-bond donors (Lipinski definition) is 2. The largest absolute Gasteiger partial charge is 0.365 e. The zero-order valence-electron chi connectivity index (χ0n) is 17.2. The molecule has 6 nitrogen and oxygen atoms in total. The van der Waals surface area contributed by atoms with E-state index in [0.29, 0.717) is 18.4 Å². The van der Waals surface area contributed by atoms with Crippen molar-refractivity contribution in [1.29, 1.82) is 0 Å². The maximum Gasteiger partial charge on any atom is 0.241 e. The Balaban J connectivity index is 1.73. The molecule has 1 saturated heterocycles. The molecule has 1 aliphatic heterocycles. The molecule has 0 radical (unpaired) electrons. The fraction of sp³-hybridized carbons (Fsp3) is 0.435. The van der Waals surface area contributed by atoms with Crippen molar-refractivity contribution in [3.05, 3.63) is 65.7 Å². The predicted octanol–water partition coefficient (Wildman–Crippen LogP) is 3.25. The summed E-state index contributed by atoms with van der Waals surface area (Å²) in [5.74, 6) is -1.83. The SMILES string of the molecule is Cc1ccc(S(=O)(=O)NC(c2ccccc2)[C@@H]2O[C@@]3(O)CCCC[C@@]3(C)C2=O)cc1. The number of ether oxygens (including phenoxy) is 1. The van der Waals surface area contributed by atoms with Gasteiger partial charge in [0, 0.05) is 6.42 Å². The second-order valence-corrected chi connectivity index (χ2v) is 10.3. The van der Waals surface area contributed by atoms with E-state index < -0.39 is 33.4 Å². The highest BCUT2D eigenvalue weighted by molar-refractivity contribution is 7.89. The van der Waals surface area contributed by atoms with Gasteiger partial charge < -0.3 is 9.84 Å². The number of aryl methyl sites for hydroxylation is 1. The van der Waals surface area contributed by atoms with E-state index in [1.165, 1.54) is 12.1 Å². The average Bonchev–Trinajstić information content (AvgIpc) is 2.94. The summed E-state index contributed by atoms with van der Waals surface area (Å²) in [6.07, 6.45) is 1.35. The number of rotatable bonds is 5. The van der Waals surface area contributed by atoms with Crippen LogP contribution in [0.15, 0.2) is 59.5 Å². The summed E-state index contributed by atoms with van der Waals surface area (Å²) in [5, 5.41) is 11.1. The summed E-state index contributed by atoms with van der Waals surface area (Å²) in [6.45, 7) is 3.61. The number of fused-ring (bicyclic) bond motifs is 1. The fourth-order valence-corrected chi connectivity index (χ4v) is 5.76. The van der Waals surface area contributed by atoms with E-state index in [2.05, 4.69) is 4.72 Å². The lowest BCUT2D eigenvalue weighted by molar-refractivity contribution is -0.252. The zero-order chi connectivity index (χ0) is 21.6. The van der Waals surface area contributed by atoms with Crippen LogP contribution in [-0.4, -0.2) is 31.2 Å². The van der Waals surface area contributed by atoms with E-state index >= 15 is 0 Å². The lowest BCUT2D eigenvalue weighted by atomic mass is 9.68. The molecule has 1 saturated carbocycles. The summed E-state index contributed by atoms with van der Waals surface area (Å²) < 4.78 is 34.9. The lowest BCUT2D eigenvalue weighted by Gasteiger charge is -2.40. The topological polar surface area (TPSA) is 92.7 Å². The van der Waals surface area contributed by atoms with Crippen molar-refractivity contribution >= 4 is 15.8 Å². The van der Waals surface area contributed by atoms with E-state index in [9.17, 15) is 18.3 Å². The smallest absolute Gasteiger partial charge is 0.241 e. The third-order valence-electron chi connectivity index (χ3n) is 6.50. The first-order valence-corrected chi connectivity index (χ1v) is 11.7. The number of nitrogens with one attached hydrogen (secondary N) is 1. The second-order valence-electron chi connectivity index (χ2n) is 8.55. The maximum absolute atomic E-state index is 13.4. The van der Waals surface area contributed by atoms with Crippen LogP contribution in [0.1, 0.15) is 49.8 Å². The molecule has 30 heavy (non-hydrogen) atoms. The molecule has 7 heteroatoms. The van der Waals surface area contributed by atoms with E-state index in [0.717, 1.165) is 18.4 Å². The fourth-order valence-electron chi connectivity index (χ4n) is 4.53. The van der Waals surface area contributed by atoms with Crippen molar-refractivity contribution < 1.29 is 23.1 Å². The molecule has 1 heterocycles. The van der Waals surface area contributed by atoms with Gasteiger partial charge in [-0.25, -0.2) is 13.1 Å². The minimum atomic E-state index is -3.92. The average molecular weight is 430 g/mol. The minimum Gasteiger partial charge on any atom is -0.365 e. The highest BCUT2D eigenvalue weighted by Gasteiger charge is 2.64. The Labute approximate surface area is 177 Å². The number of carbonyl (C=O) groups is 1. The molecule has 2 fully saturated rings.